The first kappa shape index (κ1) is 13.0. The monoisotopic (exact) mass is 261 g/mol. The lowest BCUT2D eigenvalue weighted by Gasteiger charge is -2.09. The average molecular weight is 261 g/mol. The van der Waals surface area contributed by atoms with E-state index in [0.29, 0.717) is 17.1 Å². The largest absolute Gasteiger partial charge is 0.493 e. The average Bonchev–Trinajstić information content (AvgIpc) is 2.45. The highest BCUT2D eigenvalue weighted by Crippen LogP contribution is 2.28. The molecule has 19 heavy (non-hydrogen) atoms. The summed E-state index contributed by atoms with van der Waals surface area (Å²) in [4.78, 5) is 15.8. The van der Waals surface area contributed by atoms with Crippen molar-refractivity contribution in [2.45, 2.75) is 0 Å². The molecule has 2 aromatic rings. The van der Waals surface area contributed by atoms with E-state index in [4.69, 9.17) is 9.47 Å². The standard InChI is InChI=1S/C14H12FNO3/c1-18-12-4-3-9(6-13(12)19-2)14(17)10-5-11(15)8-16-7-10/h3-8H,1-2H3. The normalized spacial score (nSPS) is 10.1. The first-order valence-corrected chi connectivity index (χ1v) is 5.53. The maximum atomic E-state index is 13.0. The van der Waals surface area contributed by atoms with Gasteiger partial charge in [0.15, 0.2) is 17.3 Å². The zero-order valence-electron chi connectivity index (χ0n) is 10.5. The number of ketones is 1. The lowest BCUT2D eigenvalue weighted by molar-refractivity contribution is 0.103. The number of hydrogen-bond donors (Lipinski definition) is 0. The van der Waals surface area contributed by atoms with Gasteiger partial charge in [-0.2, -0.15) is 0 Å². The predicted molar refractivity (Wildman–Crippen MR) is 67.2 cm³/mol. The van der Waals surface area contributed by atoms with Gasteiger partial charge in [0.2, 0.25) is 0 Å². The third-order valence-corrected chi connectivity index (χ3v) is 2.61. The Balaban J connectivity index is 2.39. The predicted octanol–water partition coefficient (Wildman–Crippen LogP) is 2.47. The van der Waals surface area contributed by atoms with Crippen molar-refractivity contribution in [3.05, 3.63) is 53.6 Å². The van der Waals surface area contributed by atoms with Crippen LogP contribution in [0.3, 0.4) is 0 Å². The summed E-state index contributed by atoms with van der Waals surface area (Å²) < 4.78 is 23.3. The summed E-state index contributed by atoms with van der Waals surface area (Å²) in [5.74, 6) is 0.0911. The van der Waals surface area contributed by atoms with Gasteiger partial charge in [-0.3, -0.25) is 9.78 Å². The van der Waals surface area contributed by atoms with E-state index in [1.54, 1.807) is 18.2 Å². The summed E-state index contributed by atoms with van der Waals surface area (Å²) in [5.41, 5.74) is 0.567. The maximum absolute atomic E-state index is 13.0. The Kier molecular flexibility index (Phi) is 3.75. The van der Waals surface area contributed by atoms with E-state index in [2.05, 4.69) is 4.98 Å². The van der Waals surface area contributed by atoms with Gasteiger partial charge >= 0.3 is 0 Å². The summed E-state index contributed by atoms with van der Waals surface area (Å²) in [6, 6.07) is 5.91. The van der Waals surface area contributed by atoms with E-state index in [0.717, 1.165) is 12.3 Å². The molecule has 0 radical (unpaired) electrons. The molecule has 1 aromatic heterocycles. The fourth-order valence-electron chi connectivity index (χ4n) is 1.68. The van der Waals surface area contributed by atoms with E-state index in [-0.39, 0.29) is 11.3 Å². The topological polar surface area (TPSA) is 48.4 Å². The maximum Gasteiger partial charge on any atom is 0.194 e. The number of benzene rings is 1. The molecule has 1 aromatic carbocycles. The van der Waals surface area contributed by atoms with Crippen LogP contribution in [0.15, 0.2) is 36.7 Å². The van der Waals surface area contributed by atoms with Crippen LogP contribution in [0.4, 0.5) is 4.39 Å². The summed E-state index contributed by atoms with van der Waals surface area (Å²) in [7, 11) is 2.99. The molecule has 0 N–H and O–H groups in total. The summed E-state index contributed by atoms with van der Waals surface area (Å²) >= 11 is 0. The molecule has 0 aliphatic rings. The van der Waals surface area contributed by atoms with E-state index < -0.39 is 5.82 Å². The van der Waals surface area contributed by atoms with Gasteiger partial charge in [0.25, 0.3) is 0 Å². The number of pyridine rings is 1. The minimum atomic E-state index is -0.550. The Morgan fingerprint density at radius 2 is 1.79 bits per heavy atom. The van der Waals surface area contributed by atoms with Crippen molar-refractivity contribution in [2.24, 2.45) is 0 Å². The van der Waals surface area contributed by atoms with Gasteiger partial charge < -0.3 is 9.47 Å². The van der Waals surface area contributed by atoms with Crippen molar-refractivity contribution in [1.82, 2.24) is 4.98 Å². The molecule has 0 atom stereocenters. The lowest BCUT2D eigenvalue weighted by atomic mass is 10.0. The molecule has 98 valence electrons. The molecule has 5 heteroatoms. The molecular weight excluding hydrogens is 249 g/mol. The van der Waals surface area contributed by atoms with Gasteiger partial charge in [-0.05, 0) is 24.3 Å². The number of nitrogens with zero attached hydrogens (tertiary/aromatic N) is 1. The highest BCUT2D eigenvalue weighted by atomic mass is 19.1. The first-order valence-electron chi connectivity index (χ1n) is 5.53. The van der Waals surface area contributed by atoms with E-state index in [9.17, 15) is 9.18 Å². The molecule has 0 spiro atoms. The minimum Gasteiger partial charge on any atom is -0.493 e. The summed E-state index contributed by atoms with van der Waals surface area (Å²) in [6.07, 6.45) is 2.37. The van der Waals surface area contributed by atoms with Gasteiger partial charge in [-0.15, -0.1) is 0 Å². The SMILES string of the molecule is COc1ccc(C(=O)c2cncc(F)c2)cc1OC. The van der Waals surface area contributed by atoms with Crippen molar-refractivity contribution in [3.8, 4) is 11.5 Å². The quantitative estimate of drug-likeness (QED) is 0.793. The molecular formula is C14H12FNO3. The molecule has 0 saturated carbocycles. The molecule has 2 rings (SSSR count). The number of aromatic nitrogens is 1. The van der Waals surface area contributed by atoms with Gasteiger partial charge in [-0.1, -0.05) is 0 Å². The summed E-state index contributed by atoms with van der Waals surface area (Å²) in [6.45, 7) is 0. The van der Waals surface area contributed by atoms with Crippen LogP contribution in [0, 0.1) is 5.82 Å². The van der Waals surface area contributed by atoms with Crippen molar-refractivity contribution in [1.29, 1.82) is 0 Å². The zero-order valence-corrected chi connectivity index (χ0v) is 10.5. The number of halogens is 1. The number of methoxy groups -OCH3 is 2. The van der Waals surface area contributed by atoms with Crippen LogP contribution in [-0.4, -0.2) is 25.0 Å². The first-order chi connectivity index (χ1) is 9.15. The Morgan fingerprint density at radius 1 is 1.05 bits per heavy atom. The molecule has 0 fully saturated rings. The van der Waals surface area contributed by atoms with Crippen LogP contribution in [-0.2, 0) is 0 Å². The Morgan fingerprint density at radius 3 is 2.42 bits per heavy atom. The van der Waals surface area contributed by atoms with Gasteiger partial charge in [0, 0.05) is 17.3 Å². The van der Waals surface area contributed by atoms with Crippen LogP contribution < -0.4 is 9.47 Å². The number of carbonyl (C=O) groups excluding carboxylic acids is 1. The van der Waals surface area contributed by atoms with Crippen LogP contribution in [0.25, 0.3) is 0 Å². The second-order valence-electron chi connectivity index (χ2n) is 3.79. The Labute approximate surface area is 109 Å². The minimum absolute atomic E-state index is 0.187. The van der Waals surface area contributed by atoms with Crippen molar-refractivity contribution < 1.29 is 18.7 Å². The van der Waals surface area contributed by atoms with Crippen molar-refractivity contribution >= 4 is 5.78 Å². The summed E-state index contributed by atoms with van der Waals surface area (Å²) in [5, 5.41) is 0. The molecule has 0 aliphatic carbocycles. The van der Waals surface area contributed by atoms with Crippen LogP contribution in [0.2, 0.25) is 0 Å². The molecule has 0 saturated heterocycles. The van der Waals surface area contributed by atoms with E-state index in [1.807, 2.05) is 0 Å². The van der Waals surface area contributed by atoms with Gasteiger partial charge in [0.05, 0.1) is 20.4 Å². The highest BCUT2D eigenvalue weighted by Gasteiger charge is 2.13. The highest BCUT2D eigenvalue weighted by molar-refractivity contribution is 6.09. The molecule has 4 nitrogen and oxygen atoms in total. The van der Waals surface area contributed by atoms with Crippen molar-refractivity contribution in [2.75, 3.05) is 14.2 Å². The second kappa shape index (κ2) is 5.48. The number of carbonyl (C=O) groups is 1. The number of hydrogen-bond acceptors (Lipinski definition) is 4. The molecule has 0 unspecified atom stereocenters. The third-order valence-electron chi connectivity index (χ3n) is 2.61. The zero-order chi connectivity index (χ0) is 13.8. The van der Waals surface area contributed by atoms with Crippen molar-refractivity contribution in [3.63, 3.8) is 0 Å². The number of rotatable bonds is 4. The lowest BCUT2D eigenvalue weighted by Crippen LogP contribution is -2.03. The van der Waals surface area contributed by atoms with E-state index in [1.165, 1.54) is 20.4 Å². The van der Waals surface area contributed by atoms with Crippen LogP contribution in [0.5, 0.6) is 11.5 Å². The van der Waals surface area contributed by atoms with Crippen LogP contribution in [0.1, 0.15) is 15.9 Å². The Hall–Kier alpha value is -2.43. The fourth-order valence-corrected chi connectivity index (χ4v) is 1.68. The molecule has 0 amide bonds. The second-order valence-corrected chi connectivity index (χ2v) is 3.79. The van der Waals surface area contributed by atoms with Gasteiger partial charge in [-0.25, -0.2) is 4.39 Å². The smallest absolute Gasteiger partial charge is 0.194 e. The Bertz CT molecular complexity index is 613. The fraction of sp³-hybridized carbons (Fsp3) is 0.143. The van der Waals surface area contributed by atoms with Gasteiger partial charge in [0.1, 0.15) is 5.82 Å². The third kappa shape index (κ3) is 2.70. The molecule has 1 heterocycles. The van der Waals surface area contributed by atoms with Crippen LogP contribution >= 0.6 is 0 Å². The molecule has 0 aliphatic heterocycles. The number of ether oxygens (including phenoxy) is 2. The molecule has 0 bridgehead atoms. The van der Waals surface area contributed by atoms with E-state index >= 15 is 0 Å².